The first-order valence-electron chi connectivity index (χ1n) is 8.33. The van der Waals surface area contributed by atoms with Crippen molar-refractivity contribution < 1.29 is 0 Å². The fourth-order valence-electron chi connectivity index (χ4n) is 2.80. The number of rotatable bonds is 3. The molecule has 0 bridgehead atoms. The highest BCUT2D eigenvalue weighted by molar-refractivity contribution is 5.85. The Labute approximate surface area is 151 Å². The number of hydrogen-bond donors (Lipinski definition) is 1. The molecular formula is C21H17N5. The monoisotopic (exact) mass is 339 g/mol. The van der Waals surface area contributed by atoms with Gasteiger partial charge in [0.1, 0.15) is 17.3 Å². The summed E-state index contributed by atoms with van der Waals surface area (Å²) in [6.45, 7) is 4.10. The second-order valence-electron chi connectivity index (χ2n) is 6.28. The van der Waals surface area contributed by atoms with E-state index >= 15 is 0 Å². The summed E-state index contributed by atoms with van der Waals surface area (Å²) in [6.07, 6.45) is 3.46. The van der Waals surface area contributed by atoms with Crippen LogP contribution in [0.5, 0.6) is 0 Å². The lowest BCUT2D eigenvalue weighted by atomic mass is 10.1. The van der Waals surface area contributed by atoms with Gasteiger partial charge in [-0.1, -0.05) is 59.7 Å². The van der Waals surface area contributed by atoms with Gasteiger partial charge in [0, 0.05) is 18.0 Å². The molecule has 0 saturated carbocycles. The van der Waals surface area contributed by atoms with E-state index < -0.39 is 0 Å². The lowest BCUT2D eigenvalue weighted by Gasteiger charge is -2.01. The van der Waals surface area contributed by atoms with E-state index in [9.17, 15) is 5.26 Å². The number of aryl methyl sites for hydroxylation is 2. The first-order chi connectivity index (χ1) is 12.7. The second kappa shape index (κ2) is 6.34. The molecule has 4 aromatic rings. The predicted molar refractivity (Wildman–Crippen MR) is 103 cm³/mol. The second-order valence-corrected chi connectivity index (χ2v) is 6.28. The number of nitriles is 1. The molecule has 0 aliphatic rings. The van der Waals surface area contributed by atoms with Gasteiger partial charge in [-0.3, -0.25) is 5.10 Å². The average Bonchev–Trinajstić information content (AvgIpc) is 3.21. The van der Waals surface area contributed by atoms with Crippen molar-refractivity contribution in [3.63, 3.8) is 0 Å². The van der Waals surface area contributed by atoms with Gasteiger partial charge in [0.2, 0.25) is 0 Å². The molecule has 26 heavy (non-hydrogen) atoms. The molecule has 0 radical (unpaired) electrons. The molecule has 0 aliphatic heterocycles. The Bertz CT molecular complexity index is 1140. The van der Waals surface area contributed by atoms with E-state index in [1.165, 1.54) is 11.1 Å². The standard InChI is InChI=1S/C21H17N5/c1-14-3-7-16(8-4-14)12-23-21-19(17-9-5-15(2)6-10-17)25-20-18(11-22)13-24-26(20)21/h3-10,12-13,24H,1-2H3/b23-12+. The number of benzene rings is 2. The van der Waals surface area contributed by atoms with E-state index in [-0.39, 0.29) is 0 Å². The van der Waals surface area contributed by atoms with Crippen molar-refractivity contribution in [3.8, 4) is 17.3 Å². The van der Waals surface area contributed by atoms with Crippen LogP contribution in [-0.4, -0.2) is 20.8 Å². The third kappa shape index (κ3) is 2.78. The average molecular weight is 339 g/mol. The SMILES string of the molecule is Cc1ccc(/C=N/c2c(-c3ccc(C)cc3)nc3c(C#N)c[nH]n23)cc1. The number of H-pyrrole nitrogens is 1. The summed E-state index contributed by atoms with van der Waals surface area (Å²) in [4.78, 5) is 9.34. The van der Waals surface area contributed by atoms with Crippen LogP contribution in [0.3, 0.4) is 0 Å². The number of nitrogens with zero attached hydrogens (tertiary/aromatic N) is 4. The lowest BCUT2D eigenvalue weighted by molar-refractivity contribution is 0.971. The van der Waals surface area contributed by atoms with Crippen LogP contribution in [0.15, 0.2) is 59.7 Å². The Morgan fingerprint density at radius 3 is 2.35 bits per heavy atom. The highest BCUT2D eigenvalue weighted by Crippen LogP contribution is 2.31. The first kappa shape index (κ1) is 15.9. The molecule has 1 N–H and O–H groups in total. The minimum Gasteiger partial charge on any atom is -0.297 e. The quantitative estimate of drug-likeness (QED) is 0.556. The third-order valence-electron chi connectivity index (χ3n) is 4.29. The summed E-state index contributed by atoms with van der Waals surface area (Å²) in [7, 11) is 0. The van der Waals surface area contributed by atoms with Crippen LogP contribution in [0.1, 0.15) is 22.3 Å². The molecule has 2 aromatic heterocycles. The summed E-state index contributed by atoms with van der Waals surface area (Å²) >= 11 is 0. The molecule has 5 heteroatoms. The molecule has 0 fully saturated rings. The summed E-state index contributed by atoms with van der Waals surface area (Å²) in [5.74, 6) is 0.672. The topological polar surface area (TPSA) is 69.2 Å². The van der Waals surface area contributed by atoms with Crippen LogP contribution < -0.4 is 0 Å². The van der Waals surface area contributed by atoms with Gasteiger partial charge >= 0.3 is 0 Å². The van der Waals surface area contributed by atoms with Crippen LogP contribution in [-0.2, 0) is 0 Å². The van der Waals surface area contributed by atoms with Crippen molar-refractivity contribution in [2.45, 2.75) is 13.8 Å². The maximum Gasteiger partial charge on any atom is 0.180 e. The zero-order chi connectivity index (χ0) is 18.1. The smallest absolute Gasteiger partial charge is 0.180 e. The lowest BCUT2D eigenvalue weighted by Crippen LogP contribution is -1.86. The van der Waals surface area contributed by atoms with Crippen molar-refractivity contribution in [1.29, 1.82) is 5.26 Å². The molecule has 0 unspecified atom stereocenters. The Morgan fingerprint density at radius 1 is 1.04 bits per heavy atom. The molecule has 4 rings (SSSR count). The van der Waals surface area contributed by atoms with Gasteiger partial charge < -0.3 is 0 Å². The molecule has 0 aliphatic carbocycles. The number of aromatic nitrogens is 3. The molecule has 2 aromatic carbocycles. The fraction of sp³-hybridized carbons (Fsp3) is 0.0952. The number of fused-ring (bicyclic) bond motifs is 1. The number of aromatic amines is 1. The fourth-order valence-corrected chi connectivity index (χ4v) is 2.80. The summed E-state index contributed by atoms with van der Waals surface area (Å²) in [5.41, 5.74) is 6.18. The van der Waals surface area contributed by atoms with Gasteiger partial charge in [0.25, 0.3) is 0 Å². The molecule has 5 nitrogen and oxygen atoms in total. The largest absolute Gasteiger partial charge is 0.297 e. The van der Waals surface area contributed by atoms with Crippen molar-refractivity contribution >= 4 is 17.7 Å². The van der Waals surface area contributed by atoms with E-state index in [4.69, 9.17) is 0 Å². The third-order valence-corrected chi connectivity index (χ3v) is 4.29. The number of nitrogens with one attached hydrogen (secondary N) is 1. The Balaban J connectivity index is 1.86. The molecular weight excluding hydrogens is 322 g/mol. The van der Waals surface area contributed by atoms with Crippen LogP contribution in [0.4, 0.5) is 5.82 Å². The minimum atomic E-state index is 0.496. The van der Waals surface area contributed by atoms with Crippen molar-refractivity contribution in [3.05, 3.63) is 77.0 Å². The van der Waals surface area contributed by atoms with Gasteiger partial charge in [0.15, 0.2) is 11.5 Å². The Morgan fingerprint density at radius 2 is 1.69 bits per heavy atom. The molecule has 126 valence electrons. The van der Waals surface area contributed by atoms with Gasteiger partial charge in [-0.05, 0) is 19.4 Å². The maximum absolute atomic E-state index is 9.30. The van der Waals surface area contributed by atoms with Crippen LogP contribution in [0.2, 0.25) is 0 Å². The zero-order valence-electron chi connectivity index (χ0n) is 14.6. The first-order valence-corrected chi connectivity index (χ1v) is 8.33. The predicted octanol–water partition coefficient (Wildman–Crippen LogP) is 4.57. The van der Waals surface area contributed by atoms with Gasteiger partial charge in [-0.15, -0.1) is 0 Å². The highest BCUT2D eigenvalue weighted by atomic mass is 15.3. The van der Waals surface area contributed by atoms with E-state index in [0.717, 1.165) is 16.8 Å². The summed E-state index contributed by atoms with van der Waals surface area (Å²) in [5, 5.41) is 12.4. The summed E-state index contributed by atoms with van der Waals surface area (Å²) < 4.78 is 1.75. The van der Waals surface area contributed by atoms with Gasteiger partial charge in [0.05, 0.1) is 0 Å². The van der Waals surface area contributed by atoms with Crippen LogP contribution in [0.25, 0.3) is 16.9 Å². The molecule has 0 amide bonds. The van der Waals surface area contributed by atoms with Gasteiger partial charge in [-0.2, -0.15) is 5.26 Å². The number of imidazole rings is 1. The van der Waals surface area contributed by atoms with Crippen molar-refractivity contribution in [2.24, 2.45) is 4.99 Å². The molecule has 0 spiro atoms. The molecule has 2 heterocycles. The highest BCUT2D eigenvalue weighted by Gasteiger charge is 2.17. The molecule has 0 atom stereocenters. The number of hydrogen-bond acceptors (Lipinski definition) is 3. The normalized spacial score (nSPS) is 11.3. The van der Waals surface area contributed by atoms with Crippen molar-refractivity contribution in [2.75, 3.05) is 0 Å². The zero-order valence-corrected chi connectivity index (χ0v) is 14.6. The van der Waals surface area contributed by atoms with E-state index in [1.54, 1.807) is 10.7 Å². The Kier molecular flexibility index (Phi) is 3.86. The van der Waals surface area contributed by atoms with E-state index in [1.807, 2.05) is 49.5 Å². The minimum absolute atomic E-state index is 0.496. The van der Waals surface area contributed by atoms with E-state index in [0.29, 0.717) is 17.0 Å². The van der Waals surface area contributed by atoms with Crippen LogP contribution >= 0.6 is 0 Å². The van der Waals surface area contributed by atoms with E-state index in [2.05, 4.69) is 40.2 Å². The maximum atomic E-state index is 9.30. The van der Waals surface area contributed by atoms with Gasteiger partial charge in [-0.25, -0.2) is 14.5 Å². The van der Waals surface area contributed by atoms with Crippen molar-refractivity contribution in [1.82, 2.24) is 14.6 Å². The Hall–Kier alpha value is -3.65. The summed E-state index contributed by atoms with van der Waals surface area (Å²) in [6, 6.07) is 18.5. The molecule has 0 saturated heterocycles. The number of aliphatic imine (C=N–C) groups is 1. The van der Waals surface area contributed by atoms with Crippen LogP contribution in [0, 0.1) is 25.2 Å².